The van der Waals surface area contributed by atoms with Crippen LogP contribution in [0.3, 0.4) is 0 Å². The van der Waals surface area contributed by atoms with Gasteiger partial charge in [-0.15, -0.1) is 11.3 Å². The molecule has 9 heteroatoms. The lowest BCUT2D eigenvalue weighted by molar-refractivity contribution is 0.101. The first-order valence-electron chi connectivity index (χ1n) is 10.9. The fourth-order valence-electron chi connectivity index (χ4n) is 3.97. The van der Waals surface area contributed by atoms with Gasteiger partial charge in [0.15, 0.2) is 0 Å². The second-order valence-electron chi connectivity index (χ2n) is 7.98. The van der Waals surface area contributed by atoms with Crippen molar-refractivity contribution < 1.29 is 4.79 Å². The van der Waals surface area contributed by atoms with Gasteiger partial charge < -0.3 is 10.2 Å². The van der Waals surface area contributed by atoms with E-state index in [1.807, 2.05) is 29.6 Å². The Kier molecular flexibility index (Phi) is 6.14. The van der Waals surface area contributed by atoms with Gasteiger partial charge >= 0.3 is 0 Å². The van der Waals surface area contributed by atoms with E-state index in [0.717, 1.165) is 49.1 Å². The number of aryl methyl sites for hydroxylation is 1. The topological polar surface area (TPSA) is 79.2 Å². The van der Waals surface area contributed by atoms with E-state index in [4.69, 9.17) is 0 Å². The molecular formula is C24H25N7OS. The first-order chi connectivity index (χ1) is 16.2. The molecular weight excluding hydrogens is 434 g/mol. The predicted octanol–water partition coefficient (Wildman–Crippen LogP) is 3.51. The highest BCUT2D eigenvalue weighted by atomic mass is 32.1. The predicted molar refractivity (Wildman–Crippen MR) is 130 cm³/mol. The minimum absolute atomic E-state index is 0.245. The van der Waals surface area contributed by atoms with Crippen LogP contribution in [0.25, 0.3) is 10.6 Å². The molecule has 3 aromatic heterocycles. The van der Waals surface area contributed by atoms with Crippen LogP contribution in [-0.4, -0.2) is 56.7 Å². The summed E-state index contributed by atoms with van der Waals surface area (Å²) in [5.41, 5.74) is 2.60. The Bertz CT molecular complexity index is 1210. The van der Waals surface area contributed by atoms with Crippen LogP contribution in [0, 0.1) is 0 Å². The molecule has 1 aliphatic heterocycles. The van der Waals surface area contributed by atoms with E-state index in [9.17, 15) is 4.79 Å². The molecule has 0 atom stereocenters. The van der Waals surface area contributed by atoms with Crippen LogP contribution in [0.1, 0.15) is 16.1 Å². The fraction of sp³-hybridized carbons (Fsp3) is 0.250. The zero-order valence-electron chi connectivity index (χ0n) is 18.4. The van der Waals surface area contributed by atoms with Crippen molar-refractivity contribution in [3.05, 3.63) is 77.6 Å². The third kappa shape index (κ3) is 4.94. The zero-order valence-corrected chi connectivity index (χ0v) is 19.2. The van der Waals surface area contributed by atoms with Gasteiger partial charge in [0, 0.05) is 45.8 Å². The number of hydrogen-bond acceptors (Lipinski definition) is 7. The van der Waals surface area contributed by atoms with Crippen molar-refractivity contribution in [3.8, 4) is 10.6 Å². The molecule has 1 fully saturated rings. The normalized spacial score (nSPS) is 14.4. The van der Waals surface area contributed by atoms with E-state index in [0.29, 0.717) is 11.5 Å². The summed E-state index contributed by atoms with van der Waals surface area (Å²) in [7, 11) is 1.77. The van der Waals surface area contributed by atoms with E-state index in [1.54, 1.807) is 29.1 Å². The van der Waals surface area contributed by atoms with Crippen LogP contribution in [0.2, 0.25) is 0 Å². The Hall–Kier alpha value is -3.56. The number of piperazine rings is 1. The van der Waals surface area contributed by atoms with Crippen LogP contribution in [0.15, 0.2) is 66.3 Å². The number of amides is 1. The van der Waals surface area contributed by atoms with Crippen LogP contribution >= 0.6 is 11.3 Å². The molecule has 1 aliphatic rings. The number of benzene rings is 1. The minimum atomic E-state index is -0.245. The van der Waals surface area contributed by atoms with Gasteiger partial charge in [-0.25, -0.2) is 9.97 Å². The second-order valence-corrected chi connectivity index (χ2v) is 8.93. The monoisotopic (exact) mass is 459 g/mol. The molecule has 1 aromatic carbocycles. The van der Waals surface area contributed by atoms with E-state index in [2.05, 4.69) is 54.4 Å². The first kappa shape index (κ1) is 21.3. The molecule has 5 rings (SSSR count). The molecule has 0 unspecified atom stereocenters. The van der Waals surface area contributed by atoms with E-state index < -0.39 is 0 Å². The summed E-state index contributed by atoms with van der Waals surface area (Å²) in [5.74, 6) is 1.06. The average molecular weight is 460 g/mol. The third-order valence-electron chi connectivity index (χ3n) is 5.73. The highest BCUT2D eigenvalue weighted by Crippen LogP contribution is 2.24. The molecule has 1 N–H and O–H groups in total. The molecule has 0 radical (unpaired) electrons. The summed E-state index contributed by atoms with van der Waals surface area (Å²) in [6.07, 6.45) is 1.50. The van der Waals surface area contributed by atoms with E-state index >= 15 is 0 Å². The van der Waals surface area contributed by atoms with Gasteiger partial charge in [0.05, 0.1) is 4.88 Å². The number of aromatic nitrogens is 4. The number of carbonyl (C=O) groups excluding carboxylic acids is 1. The minimum Gasteiger partial charge on any atom is -0.354 e. The van der Waals surface area contributed by atoms with E-state index in [1.165, 1.54) is 11.9 Å². The van der Waals surface area contributed by atoms with Crippen molar-refractivity contribution in [1.82, 2.24) is 24.6 Å². The Morgan fingerprint density at radius 3 is 2.61 bits per heavy atom. The van der Waals surface area contributed by atoms with Crippen molar-refractivity contribution in [3.63, 3.8) is 0 Å². The third-order valence-corrected chi connectivity index (χ3v) is 6.62. The van der Waals surface area contributed by atoms with E-state index in [-0.39, 0.29) is 5.91 Å². The Balaban J connectivity index is 1.22. The molecule has 1 amide bonds. The lowest BCUT2D eigenvalue weighted by atomic mass is 10.2. The fourth-order valence-corrected chi connectivity index (χ4v) is 4.65. The van der Waals surface area contributed by atoms with Gasteiger partial charge in [-0.05, 0) is 23.1 Å². The highest BCUT2D eigenvalue weighted by molar-refractivity contribution is 7.13. The molecule has 0 bridgehead atoms. The molecule has 168 valence electrons. The highest BCUT2D eigenvalue weighted by Gasteiger charge is 2.20. The second kappa shape index (κ2) is 9.51. The summed E-state index contributed by atoms with van der Waals surface area (Å²) >= 11 is 1.59. The Morgan fingerprint density at radius 2 is 1.85 bits per heavy atom. The van der Waals surface area contributed by atoms with Crippen molar-refractivity contribution in [2.75, 3.05) is 36.4 Å². The van der Waals surface area contributed by atoms with Crippen molar-refractivity contribution >= 4 is 28.9 Å². The largest absolute Gasteiger partial charge is 0.354 e. The lowest BCUT2D eigenvalue weighted by Crippen LogP contribution is -2.46. The summed E-state index contributed by atoms with van der Waals surface area (Å²) in [6.45, 7) is 4.63. The molecule has 0 aliphatic carbocycles. The van der Waals surface area contributed by atoms with Gasteiger partial charge in [-0.1, -0.05) is 36.4 Å². The number of thiophene rings is 1. The number of rotatable bonds is 6. The number of anilines is 2. The molecule has 0 saturated carbocycles. The number of nitrogens with zero attached hydrogens (tertiary/aromatic N) is 6. The molecule has 4 aromatic rings. The number of nitrogens with one attached hydrogen (secondary N) is 1. The van der Waals surface area contributed by atoms with Gasteiger partial charge in [0.2, 0.25) is 0 Å². The summed E-state index contributed by atoms with van der Waals surface area (Å²) in [6, 6.07) is 18.1. The lowest BCUT2D eigenvalue weighted by Gasteiger charge is -2.35. The maximum absolute atomic E-state index is 12.9. The summed E-state index contributed by atoms with van der Waals surface area (Å²) in [5, 5.41) is 9.35. The van der Waals surface area contributed by atoms with Crippen molar-refractivity contribution in [2.45, 2.75) is 6.54 Å². The van der Waals surface area contributed by atoms with Gasteiger partial charge in [-0.3, -0.25) is 14.4 Å². The van der Waals surface area contributed by atoms with Crippen molar-refractivity contribution in [2.24, 2.45) is 7.05 Å². The smallest absolute Gasteiger partial charge is 0.275 e. The van der Waals surface area contributed by atoms with Crippen LogP contribution in [0.5, 0.6) is 0 Å². The molecule has 33 heavy (non-hydrogen) atoms. The molecule has 0 spiro atoms. The van der Waals surface area contributed by atoms with Gasteiger partial charge in [-0.2, -0.15) is 5.10 Å². The quantitative estimate of drug-likeness (QED) is 0.475. The van der Waals surface area contributed by atoms with Crippen LogP contribution < -0.4 is 10.2 Å². The summed E-state index contributed by atoms with van der Waals surface area (Å²) < 4.78 is 1.60. The maximum Gasteiger partial charge on any atom is 0.275 e. The Labute approximate surface area is 196 Å². The maximum atomic E-state index is 12.9. The average Bonchev–Trinajstić information content (AvgIpc) is 3.50. The standard InChI is InChI=1S/C24H25N7OS/c1-29-20(14-19(28-29)21-8-5-13-33-21)24(32)27-22-15-23(26-17-25-22)31-11-9-30(10-12-31)16-18-6-3-2-4-7-18/h2-8,13-15,17H,9-12,16H2,1H3,(H,25,26,27,32). The number of carbonyl (C=O) groups is 1. The number of hydrogen-bond donors (Lipinski definition) is 1. The molecule has 1 saturated heterocycles. The van der Waals surface area contributed by atoms with Gasteiger partial charge in [0.25, 0.3) is 5.91 Å². The SMILES string of the molecule is Cn1nc(-c2cccs2)cc1C(=O)Nc1cc(N2CCN(Cc3ccccc3)CC2)ncn1. The van der Waals surface area contributed by atoms with Crippen molar-refractivity contribution in [1.29, 1.82) is 0 Å². The molecule has 8 nitrogen and oxygen atoms in total. The van der Waals surface area contributed by atoms with Crippen LogP contribution in [-0.2, 0) is 13.6 Å². The van der Waals surface area contributed by atoms with Crippen LogP contribution in [0.4, 0.5) is 11.6 Å². The Morgan fingerprint density at radius 1 is 1.03 bits per heavy atom. The molecule has 4 heterocycles. The zero-order chi connectivity index (χ0) is 22.6. The summed E-state index contributed by atoms with van der Waals surface area (Å²) in [4.78, 5) is 27.3. The first-order valence-corrected chi connectivity index (χ1v) is 11.8. The van der Waals surface area contributed by atoms with Gasteiger partial charge in [0.1, 0.15) is 29.4 Å².